The van der Waals surface area contributed by atoms with E-state index in [4.69, 9.17) is 0 Å². The average molecular weight is 364 g/mol. The number of carbonyl (C=O) groups is 1. The monoisotopic (exact) mass is 364 g/mol. The van der Waals surface area contributed by atoms with Crippen molar-refractivity contribution in [3.05, 3.63) is 58.7 Å². The highest BCUT2D eigenvalue weighted by Crippen LogP contribution is 2.26. The van der Waals surface area contributed by atoms with Gasteiger partial charge in [-0.25, -0.2) is 9.78 Å². The Bertz CT molecular complexity index is 1060. The minimum absolute atomic E-state index is 0.297. The average Bonchev–Trinajstić information content (AvgIpc) is 3.29. The number of H-pyrrole nitrogens is 1. The molecule has 0 spiro atoms. The second kappa shape index (κ2) is 6.93. The molecular weight excluding hydrogens is 348 g/mol. The van der Waals surface area contributed by atoms with Crippen molar-refractivity contribution in [3.63, 3.8) is 0 Å². The van der Waals surface area contributed by atoms with Crippen molar-refractivity contribution in [1.82, 2.24) is 25.5 Å². The van der Waals surface area contributed by atoms with Crippen molar-refractivity contribution >= 4 is 34.1 Å². The zero-order chi connectivity index (χ0) is 17.9. The molecule has 4 rings (SSSR count). The molecule has 0 saturated carbocycles. The molecule has 4 aromatic rings. The molecule has 0 unspecified atom stereocenters. The number of fused-ring (bicyclic) bond motifs is 1. The molecule has 0 atom stereocenters. The third-order valence-corrected chi connectivity index (χ3v) is 4.74. The summed E-state index contributed by atoms with van der Waals surface area (Å²) < 4.78 is 0. The molecule has 4 aromatic heterocycles. The highest BCUT2D eigenvalue weighted by atomic mass is 32.1. The topological polar surface area (TPSA) is 95.6 Å². The predicted molar refractivity (Wildman–Crippen MR) is 102 cm³/mol. The number of urea groups is 1. The van der Waals surface area contributed by atoms with Gasteiger partial charge in [-0.15, -0.1) is 11.3 Å². The molecule has 7 nitrogen and oxygen atoms in total. The van der Waals surface area contributed by atoms with Gasteiger partial charge in [-0.05, 0) is 30.5 Å². The maximum Gasteiger partial charge on any atom is 0.320 e. The molecule has 26 heavy (non-hydrogen) atoms. The second-order valence-electron chi connectivity index (χ2n) is 5.76. The van der Waals surface area contributed by atoms with E-state index in [1.165, 1.54) is 0 Å². The van der Waals surface area contributed by atoms with Gasteiger partial charge in [-0.1, -0.05) is 6.07 Å². The van der Waals surface area contributed by atoms with Gasteiger partial charge in [0.05, 0.1) is 12.1 Å². The smallest absolute Gasteiger partial charge is 0.320 e. The Morgan fingerprint density at radius 2 is 2.19 bits per heavy atom. The number of thiophene rings is 1. The molecule has 8 heteroatoms. The van der Waals surface area contributed by atoms with Crippen LogP contribution < -0.4 is 10.6 Å². The molecular formula is C18H16N6OS. The highest BCUT2D eigenvalue weighted by molar-refractivity contribution is 7.09. The van der Waals surface area contributed by atoms with Crippen LogP contribution in [-0.2, 0) is 6.54 Å². The first-order chi connectivity index (χ1) is 12.7. The molecule has 0 aliphatic rings. The number of hydrogen-bond acceptors (Lipinski definition) is 5. The SMILES string of the molecule is Cc1cc(-c2n[nH]c3cc(NC(=O)NCc4cccs4)ncc23)ccn1. The molecule has 130 valence electrons. The van der Waals surface area contributed by atoms with E-state index >= 15 is 0 Å². The number of hydrogen-bond donors (Lipinski definition) is 3. The summed E-state index contributed by atoms with van der Waals surface area (Å²) in [6.07, 6.45) is 3.46. The van der Waals surface area contributed by atoms with Gasteiger partial charge < -0.3 is 5.32 Å². The Morgan fingerprint density at radius 1 is 1.27 bits per heavy atom. The van der Waals surface area contributed by atoms with Crippen molar-refractivity contribution in [2.24, 2.45) is 0 Å². The summed E-state index contributed by atoms with van der Waals surface area (Å²) >= 11 is 1.60. The number of aromatic nitrogens is 4. The normalized spacial score (nSPS) is 10.8. The second-order valence-corrected chi connectivity index (χ2v) is 6.79. The Kier molecular flexibility index (Phi) is 4.32. The summed E-state index contributed by atoms with van der Waals surface area (Å²) in [6, 6.07) is 9.28. The molecule has 0 bridgehead atoms. The van der Waals surface area contributed by atoms with Crippen molar-refractivity contribution in [2.75, 3.05) is 5.32 Å². The summed E-state index contributed by atoms with van der Waals surface area (Å²) in [5.41, 5.74) is 3.51. The quantitative estimate of drug-likeness (QED) is 0.514. The summed E-state index contributed by atoms with van der Waals surface area (Å²) in [4.78, 5) is 21.6. The van der Waals surface area contributed by atoms with Gasteiger partial charge in [0.15, 0.2) is 0 Å². The number of aromatic amines is 1. The number of pyridine rings is 2. The molecule has 0 saturated heterocycles. The van der Waals surface area contributed by atoms with E-state index in [0.717, 1.165) is 32.7 Å². The Hall–Kier alpha value is -3.26. The molecule has 0 aliphatic carbocycles. The fourth-order valence-electron chi connectivity index (χ4n) is 2.64. The number of nitrogens with zero attached hydrogens (tertiary/aromatic N) is 3. The van der Waals surface area contributed by atoms with Crippen LogP contribution in [0.1, 0.15) is 10.6 Å². The zero-order valence-electron chi connectivity index (χ0n) is 14.0. The lowest BCUT2D eigenvalue weighted by atomic mass is 10.1. The lowest BCUT2D eigenvalue weighted by Gasteiger charge is -2.06. The maximum atomic E-state index is 12.0. The largest absolute Gasteiger partial charge is 0.333 e. The van der Waals surface area contributed by atoms with Gasteiger partial charge in [0.2, 0.25) is 0 Å². The molecule has 0 aromatic carbocycles. The number of amides is 2. The zero-order valence-corrected chi connectivity index (χ0v) is 14.8. The van der Waals surface area contributed by atoms with Crippen molar-refractivity contribution in [2.45, 2.75) is 13.5 Å². The van der Waals surface area contributed by atoms with E-state index in [-0.39, 0.29) is 6.03 Å². The van der Waals surface area contributed by atoms with Gasteiger partial charge in [0.1, 0.15) is 11.5 Å². The highest BCUT2D eigenvalue weighted by Gasteiger charge is 2.11. The number of rotatable bonds is 4. The van der Waals surface area contributed by atoms with Crippen LogP contribution >= 0.6 is 11.3 Å². The first-order valence-electron chi connectivity index (χ1n) is 8.03. The van der Waals surface area contributed by atoms with Crippen LogP contribution in [0.4, 0.5) is 10.6 Å². The predicted octanol–water partition coefficient (Wildman–Crippen LogP) is 3.71. The number of nitrogens with one attached hydrogen (secondary N) is 3. The van der Waals surface area contributed by atoms with E-state index in [1.807, 2.05) is 36.6 Å². The maximum absolute atomic E-state index is 12.0. The fourth-order valence-corrected chi connectivity index (χ4v) is 3.28. The summed E-state index contributed by atoms with van der Waals surface area (Å²) in [5.74, 6) is 0.460. The lowest BCUT2D eigenvalue weighted by Crippen LogP contribution is -2.28. The lowest BCUT2D eigenvalue weighted by molar-refractivity contribution is 0.252. The van der Waals surface area contributed by atoms with Gasteiger partial charge in [0, 0.05) is 40.0 Å². The molecule has 0 aliphatic heterocycles. The number of aryl methyl sites for hydroxylation is 1. The van der Waals surface area contributed by atoms with Crippen molar-refractivity contribution in [1.29, 1.82) is 0 Å². The summed E-state index contributed by atoms with van der Waals surface area (Å²) in [7, 11) is 0. The Balaban J connectivity index is 1.50. The minimum Gasteiger partial charge on any atom is -0.333 e. The standard InChI is InChI=1S/C18H16N6OS/c1-11-7-12(4-5-19-11)17-14-10-20-16(8-15(14)23-24-17)22-18(25)21-9-13-3-2-6-26-13/h2-8,10H,9H2,1H3,(H,23,24)(H2,20,21,22,25). The van der Waals surface area contributed by atoms with Crippen molar-refractivity contribution in [3.8, 4) is 11.3 Å². The first-order valence-corrected chi connectivity index (χ1v) is 8.91. The third-order valence-electron chi connectivity index (χ3n) is 3.86. The van der Waals surface area contributed by atoms with Crippen LogP contribution in [0.15, 0.2) is 48.1 Å². The fraction of sp³-hybridized carbons (Fsp3) is 0.111. The molecule has 4 heterocycles. The van der Waals surface area contributed by atoms with E-state index in [9.17, 15) is 4.79 Å². The first kappa shape index (κ1) is 16.2. The van der Waals surface area contributed by atoms with E-state index in [2.05, 4.69) is 30.8 Å². The van der Waals surface area contributed by atoms with Crippen LogP contribution in [0.25, 0.3) is 22.2 Å². The van der Waals surface area contributed by atoms with E-state index in [1.54, 1.807) is 29.8 Å². The van der Waals surface area contributed by atoms with Crippen LogP contribution in [0.3, 0.4) is 0 Å². The van der Waals surface area contributed by atoms with Gasteiger partial charge in [-0.3, -0.25) is 15.4 Å². The molecule has 0 fully saturated rings. The molecule has 3 N–H and O–H groups in total. The van der Waals surface area contributed by atoms with Gasteiger partial charge in [-0.2, -0.15) is 5.10 Å². The van der Waals surface area contributed by atoms with E-state index < -0.39 is 0 Å². The van der Waals surface area contributed by atoms with Crippen LogP contribution in [0.5, 0.6) is 0 Å². The van der Waals surface area contributed by atoms with Gasteiger partial charge >= 0.3 is 6.03 Å². The van der Waals surface area contributed by atoms with Gasteiger partial charge in [0.25, 0.3) is 0 Å². The van der Waals surface area contributed by atoms with Crippen LogP contribution in [0.2, 0.25) is 0 Å². The van der Waals surface area contributed by atoms with E-state index in [0.29, 0.717) is 12.4 Å². The Labute approximate surface area is 153 Å². The van der Waals surface area contributed by atoms with Crippen LogP contribution in [-0.4, -0.2) is 26.2 Å². The minimum atomic E-state index is -0.297. The third kappa shape index (κ3) is 3.40. The molecule has 0 radical (unpaired) electrons. The van der Waals surface area contributed by atoms with Crippen molar-refractivity contribution < 1.29 is 4.79 Å². The molecule has 2 amide bonds. The number of carbonyl (C=O) groups excluding carboxylic acids is 1. The summed E-state index contributed by atoms with van der Waals surface area (Å²) in [6.45, 7) is 2.43. The Morgan fingerprint density at radius 3 is 3.00 bits per heavy atom. The summed E-state index contributed by atoms with van der Waals surface area (Å²) in [5, 5.41) is 15.8. The number of anilines is 1. The van der Waals surface area contributed by atoms with Crippen LogP contribution in [0, 0.1) is 6.92 Å².